The zero-order valence-electron chi connectivity index (χ0n) is 10.8. The van der Waals surface area contributed by atoms with Crippen LogP contribution in [0.2, 0.25) is 0 Å². The molecule has 0 radical (unpaired) electrons. The molecule has 3 rings (SSSR count). The summed E-state index contributed by atoms with van der Waals surface area (Å²) in [6.45, 7) is 3.31. The van der Waals surface area contributed by atoms with Crippen LogP contribution in [0.3, 0.4) is 0 Å². The molecule has 2 aromatic rings. The summed E-state index contributed by atoms with van der Waals surface area (Å²) >= 11 is 0. The molecule has 0 aromatic heterocycles. The van der Waals surface area contributed by atoms with Gasteiger partial charge in [0.2, 0.25) is 0 Å². The molecule has 1 unspecified atom stereocenters. The number of fused-ring (bicyclic) bond motifs is 1. The van der Waals surface area contributed by atoms with Gasteiger partial charge < -0.3 is 5.32 Å². The van der Waals surface area contributed by atoms with Crippen LogP contribution < -0.4 is 5.32 Å². The Morgan fingerprint density at radius 1 is 1.06 bits per heavy atom. The lowest BCUT2D eigenvalue weighted by molar-refractivity contribution is 0.489. The fourth-order valence-electron chi connectivity index (χ4n) is 2.72. The summed E-state index contributed by atoms with van der Waals surface area (Å²) in [5, 5.41) is 3.64. The molecule has 18 heavy (non-hydrogen) atoms. The molecule has 1 nitrogen and oxygen atoms in total. The van der Waals surface area contributed by atoms with E-state index >= 15 is 0 Å². The number of hydrogen-bond donors (Lipinski definition) is 1. The van der Waals surface area contributed by atoms with E-state index in [2.05, 4.69) is 66.8 Å². The zero-order chi connectivity index (χ0) is 12.4. The SMILES string of the molecule is C[C@@H](NCC1Cc2ccccc21)c1ccccc1. The Bertz CT molecular complexity index is 516. The van der Waals surface area contributed by atoms with Gasteiger partial charge in [-0.3, -0.25) is 0 Å². The quantitative estimate of drug-likeness (QED) is 0.855. The molecule has 0 spiro atoms. The Morgan fingerprint density at radius 3 is 2.56 bits per heavy atom. The van der Waals surface area contributed by atoms with Gasteiger partial charge in [-0.2, -0.15) is 0 Å². The van der Waals surface area contributed by atoms with Crippen molar-refractivity contribution in [3.05, 3.63) is 71.3 Å². The topological polar surface area (TPSA) is 12.0 Å². The third-order valence-electron chi connectivity index (χ3n) is 3.93. The molecule has 0 bridgehead atoms. The molecule has 1 aliphatic rings. The van der Waals surface area contributed by atoms with Crippen LogP contribution in [0.15, 0.2) is 54.6 Å². The number of rotatable bonds is 4. The predicted molar refractivity (Wildman–Crippen MR) is 75.7 cm³/mol. The Balaban J connectivity index is 1.58. The summed E-state index contributed by atoms with van der Waals surface area (Å²) in [6.07, 6.45) is 1.23. The van der Waals surface area contributed by atoms with Crippen LogP contribution in [0.1, 0.15) is 35.6 Å². The van der Waals surface area contributed by atoms with Crippen LogP contribution >= 0.6 is 0 Å². The summed E-state index contributed by atoms with van der Waals surface area (Å²) in [5.74, 6) is 0.701. The highest BCUT2D eigenvalue weighted by atomic mass is 14.9. The number of hydrogen-bond acceptors (Lipinski definition) is 1. The first kappa shape index (κ1) is 11.5. The summed E-state index contributed by atoms with van der Waals surface area (Å²) < 4.78 is 0. The fraction of sp³-hybridized carbons (Fsp3) is 0.294. The minimum absolute atomic E-state index is 0.430. The summed E-state index contributed by atoms with van der Waals surface area (Å²) in [4.78, 5) is 0. The van der Waals surface area contributed by atoms with Crippen LogP contribution in [-0.2, 0) is 6.42 Å². The number of benzene rings is 2. The van der Waals surface area contributed by atoms with E-state index in [1.54, 1.807) is 0 Å². The molecule has 92 valence electrons. The van der Waals surface area contributed by atoms with Crippen molar-refractivity contribution < 1.29 is 0 Å². The first-order valence-electron chi connectivity index (χ1n) is 6.71. The smallest absolute Gasteiger partial charge is 0.0292 e. The molecular weight excluding hydrogens is 218 g/mol. The van der Waals surface area contributed by atoms with E-state index in [0.717, 1.165) is 6.54 Å². The molecule has 0 aliphatic heterocycles. The normalized spacial score (nSPS) is 18.8. The van der Waals surface area contributed by atoms with Crippen LogP contribution in [0, 0.1) is 0 Å². The van der Waals surface area contributed by atoms with E-state index < -0.39 is 0 Å². The third kappa shape index (κ3) is 2.19. The first-order valence-corrected chi connectivity index (χ1v) is 6.71. The summed E-state index contributed by atoms with van der Waals surface area (Å²) in [6, 6.07) is 19.9. The van der Waals surface area contributed by atoms with Gasteiger partial charge in [-0.1, -0.05) is 54.6 Å². The van der Waals surface area contributed by atoms with Gasteiger partial charge in [0.25, 0.3) is 0 Å². The van der Waals surface area contributed by atoms with Crippen LogP contribution in [0.5, 0.6) is 0 Å². The van der Waals surface area contributed by atoms with Gasteiger partial charge in [0.15, 0.2) is 0 Å². The van der Waals surface area contributed by atoms with E-state index in [1.165, 1.54) is 23.1 Å². The molecule has 0 fully saturated rings. The van der Waals surface area contributed by atoms with Crippen molar-refractivity contribution >= 4 is 0 Å². The van der Waals surface area contributed by atoms with Crippen molar-refractivity contribution in [1.29, 1.82) is 0 Å². The molecule has 1 aliphatic carbocycles. The Labute approximate surface area is 109 Å². The van der Waals surface area contributed by atoms with Crippen LogP contribution in [-0.4, -0.2) is 6.54 Å². The van der Waals surface area contributed by atoms with Gasteiger partial charge in [0.05, 0.1) is 0 Å². The van der Waals surface area contributed by atoms with Crippen molar-refractivity contribution in [1.82, 2.24) is 5.32 Å². The molecule has 0 saturated heterocycles. The van der Waals surface area contributed by atoms with Crippen LogP contribution in [0.4, 0.5) is 0 Å². The summed E-state index contributed by atoms with van der Waals surface area (Å²) in [7, 11) is 0. The predicted octanol–water partition coefficient (Wildman–Crippen LogP) is 3.68. The lowest BCUT2D eigenvalue weighted by atomic mass is 9.77. The molecule has 0 saturated carbocycles. The largest absolute Gasteiger partial charge is 0.310 e. The van der Waals surface area contributed by atoms with E-state index in [-0.39, 0.29) is 0 Å². The average molecular weight is 237 g/mol. The van der Waals surface area contributed by atoms with Gasteiger partial charge in [0.1, 0.15) is 0 Å². The van der Waals surface area contributed by atoms with E-state index in [1.807, 2.05) is 0 Å². The lowest BCUT2D eigenvalue weighted by Crippen LogP contribution is -2.30. The van der Waals surface area contributed by atoms with Crippen LogP contribution in [0.25, 0.3) is 0 Å². The Morgan fingerprint density at radius 2 is 1.78 bits per heavy atom. The first-order chi connectivity index (χ1) is 8.84. The van der Waals surface area contributed by atoms with E-state index in [0.29, 0.717) is 12.0 Å². The second-order valence-corrected chi connectivity index (χ2v) is 5.14. The standard InChI is InChI=1S/C17H19N/c1-13(14-7-3-2-4-8-14)18-12-16-11-15-9-5-6-10-17(15)16/h2-10,13,16,18H,11-12H2,1H3/t13-,16?/m1/s1. The lowest BCUT2D eigenvalue weighted by Gasteiger charge is -2.31. The number of nitrogens with one attached hydrogen (secondary N) is 1. The zero-order valence-corrected chi connectivity index (χ0v) is 10.8. The molecule has 0 amide bonds. The Kier molecular flexibility index (Phi) is 3.16. The minimum atomic E-state index is 0.430. The second kappa shape index (κ2) is 4.95. The highest BCUT2D eigenvalue weighted by Gasteiger charge is 2.25. The molecule has 0 heterocycles. The average Bonchev–Trinajstić information content (AvgIpc) is 2.40. The maximum absolute atomic E-state index is 3.64. The van der Waals surface area contributed by atoms with Gasteiger partial charge >= 0.3 is 0 Å². The van der Waals surface area contributed by atoms with Gasteiger partial charge in [-0.25, -0.2) is 0 Å². The maximum Gasteiger partial charge on any atom is 0.0292 e. The molecular formula is C17H19N. The van der Waals surface area contributed by atoms with E-state index in [9.17, 15) is 0 Å². The molecule has 1 heteroatoms. The molecule has 1 N–H and O–H groups in total. The van der Waals surface area contributed by atoms with Crippen molar-refractivity contribution in [3.63, 3.8) is 0 Å². The van der Waals surface area contributed by atoms with E-state index in [4.69, 9.17) is 0 Å². The van der Waals surface area contributed by atoms with Crippen molar-refractivity contribution in [2.24, 2.45) is 0 Å². The highest BCUT2D eigenvalue weighted by molar-refractivity contribution is 5.40. The highest BCUT2D eigenvalue weighted by Crippen LogP contribution is 2.34. The minimum Gasteiger partial charge on any atom is -0.310 e. The maximum atomic E-state index is 3.64. The van der Waals surface area contributed by atoms with Crippen molar-refractivity contribution in [2.45, 2.75) is 25.3 Å². The van der Waals surface area contributed by atoms with Crippen molar-refractivity contribution in [3.8, 4) is 0 Å². The Hall–Kier alpha value is -1.60. The summed E-state index contributed by atoms with van der Waals surface area (Å²) in [5.41, 5.74) is 4.42. The molecule has 2 atom stereocenters. The van der Waals surface area contributed by atoms with Crippen molar-refractivity contribution in [2.75, 3.05) is 6.54 Å². The molecule has 2 aromatic carbocycles. The third-order valence-corrected chi connectivity index (χ3v) is 3.93. The monoisotopic (exact) mass is 237 g/mol. The fourth-order valence-corrected chi connectivity index (χ4v) is 2.72. The van der Waals surface area contributed by atoms with Gasteiger partial charge in [0, 0.05) is 18.5 Å². The van der Waals surface area contributed by atoms with Gasteiger partial charge in [-0.05, 0) is 30.0 Å². The van der Waals surface area contributed by atoms with Gasteiger partial charge in [-0.15, -0.1) is 0 Å². The second-order valence-electron chi connectivity index (χ2n) is 5.14.